The quantitative estimate of drug-likeness (QED) is 0.380. The van der Waals surface area contributed by atoms with E-state index in [4.69, 9.17) is 4.43 Å². The zero-order valence-electron chi connectivity index (χ0n) is 18.0. The van der Waals surface area contributed by atoms with Crippen LogP contribution in [-0.4, -0.2) is 18.2 Å². The van der Waals surface area contributed by atoms with Crippen molar-refractivity contribution in [2.24, 2.45) is 0 Å². The number of hydrogen-bond donors (Lipinski definition) is 0. The van der Waals surface area contributed by atoms with Gasteiger partial charge in [0.1, 0.15) is 0 Å². The molecular weight excluding hydrogens is 356 g/mol. The number of hydrogen-bond acceptors (Lipinski definition) is 3. The summed E-state index contributed by atoms with van der Waals surface area (Å²) in [5.41, 5.74) is 1.16. The van der Waals surface area contributed by atoms with E-state index in [9.17, 15) is 4.79 Å². The Hall–Kier alpha value is -1.00. The lowest BCUT2D eigenvalue weighted by atomic mass is 9.95. The topological polar surface area (TPSA) is 26.3 Å². The summed E-state index contributed by atoms with van der Waals surface area (Å²) in [5, 5.41) is 0.380. The fraction of sp³-hybridized carbons (Fsp3) is 0.591. The molecule has 0 aliphatic heterocycles. The molecule has 4 heteroatoms. The van der Waals surface area contributed by atoms with Gasteiger partial charge in [-0.25, -0.2) is 0 Å². The molecule has 1 aromatic rings. The smallest absolute Gasteiger partial charge is 0.250 e. The first-order chi connectivity index (χ1) is 11.7. The fourth-order valence-corrected chi connectivity index (χ4v) is 4.53. The highest BCUT2D eigenvalue weighted by molar-refractivity contribution is 8.14. The predicted octanol–water partition coefficient (Wildman–Crippen LogP) is 7.14. The highest BCUT2D eigenvalue weighted by Crippen LogP contribution is 2.38. The van der Waals surface area contributed by atoms with E-state index in [1.807, 2.05) is 25.1 Å². The molecule has 0 amide bonds. The van der Waals surface area contributed by atoms with E-state index in [2.05, 4.69) is 72.8 Å². The first-order valence-corrected chi connectivity index (χ1v) is 13.1. The molecule has 146 valence electrons. The Morgan fingerprint density at radius 3 is 2.12 bits per heavy atom. The molecule has 0 saturated carbocycles. The molecule has 0 aliphatic carbocycles. The molecule has 0 radical (unpaired) electrons. The molecule has 0 aliphatic rings. The Labute approximate surface area is 165 Å². The lowest BCUT2D eigenvalue weighted by Crippen LogP contribution is -2.40. The van der Waals surface area contributed by atoms with Crippen LogP contribution in [0, 0.1) is 0 Å². The van der Waals surface area contributed by atoms with E-state index in [-0.39, 0.29) is 20.8 Å². The van der Waals surface area contributed by atoms with E-state index in [0.29, 0.717) is 6.42 Å². The molecule has 0 bridgehead atoms. The number of rotatable bonds is 6. The van der Waals surface area contributed by atoms with Gasteiger partial charge < -0.3 is 4.43 Å². The normalized spacial score (nSPS) is 14.9. The van der Waals surface area contributed by atoms with Gasteiger partial charge in [-0.3, -0.25) is 4.79 Å². The second kappa shape index (κ2) is 8.79. The van der Waals surface area contributed by atoms with Gasteiger partial charge in [0.05, 0.1) is 5.76 Å². The number of benzene rings is 1. The second-order valence-electron chi connectivity index (χ2n) is 9.45. The van der Waals surface area contributed by atoms with Crippen molar-refractivity contribution >= 4 is 25.2 Å². The minimum Gasteiger partial charge on any atom is -0.547 e. The van der Waals surface area contributed by atoms with Crippen LogP contribution in [0.25, 0.3) is 0 Å². The first kappa shape index (κ1) is 23.0. The van der Waals surface area contributed by atoms with Gasteiger partial charge in [-0.2, -0.15) is 0 Å². The minimum absolute atomic E-state index is 0.0447. The number of carbonyl (C=O) groups excluding carboxylic acids is 1. The van der Waals surface area contributed by atoms with Crippen LogP contribution in [-0.2, 0) is 9.22 Å². The van der Waals surface area contributed by atoms with Crippen molar-refractivity contribution in [3.05, 3.63) is 47.7 Å². The monoisotopic (exact) mass is 392 g/mol. The van der Waals surface area contributed by atoms with E-state index in [0.717, 1.165) is 11.3 Å². The summed E-state index contributed by atoms with van der Waals surface area (Å²) >= 11 is 1.42. The van der Waals surface area contributed by atoms with Crippen molar-refractivity contribution < 1.29 is 9.22 Å². The van der Waals surface area contributed by atoms with Crippen LogP contribution in [0.4, 0.5) is 0 Å². The summed E-state index contributed by atoms with van der Waals surface area (Å²) in [5.74, 6) is 0.974. The van der Waals surface area contributed by atoms with Crippen molar-refractivity contribution in [3.8, 4) is 0 Å². The Balaban J connectivity index is 3.04. The van der Waals surface area contributed by atoms with Crippen LogP contribution >= 0.6 is 11.8 Å². The maximum absolute atomic E-state index is 12.6. The summed E-state index contributed by atoms with van der Waals surface area (Å²) in [7, 11) is -1.87. The maximum Gasteiger partial charge on any atom is 0.250 e. The number of carbonyl (C=O) groups is 1. The van der Waals surface area contributed by atoms with Crippen LogP contribution in [0.5, 0.6) is 0 Å². The lowest BCUT2D eigenvalue weighted by Gasteiger charge is -2.37. The van der Waals surface area contributed by atoms with Gasteiger partial charge in [-0.1, -0.05) is 83.6 Å². The molecule has 1 aromatic carbocycles. The molecule has 26 heavy (non-hydrogen) atoms. The SMILES string of the molecule is C/C(=C\[C@H](CC(=O)SC(C)(C)C)c1ccccc1)O[Si](C)(C)C(C)(C)C. The van der Waals surface area contributed by atoms with Gasteiger partial charge in [-0.05, 0) is 36.7 Å². The highest BCUT2D eigenvalue weighted by Gasteiger charge is 2.39. The van der Waals surface area contributed by atoms with E-state index in [1.54, 1.807) is 0 Å². The predicted molar refractivity (Wildman–Crippen MR) is 118 cm³/mol. The van der Waals surface area contributed by atoms with Crippen molar-refractivity contribution in [1.29, 1.82) is 0 Å². The molecule has 0 heterocycles. The lowest BCUT2D eigenvalue weighted by molar-refractivity contribution is -0.111. The Kier molecular flexibility index (Phi) is 7.79. The third-order valence-corrected chi connectivity index (χ3v) is 10.1. The largest absolute Gasteiger partial charge is 0.547 e. The summed E-state index contributed by atoms with van der Waals surface area (Å²) in [6, 6.07) is 10.3. The van der Waals surface area contributed by atoms with Crippen LogP contribution in [0.2, 0.25) is 18.1 Å². The minimum atomic E-state index is -1.87. The summed E-state index contributed by atoms with van der Waals surface area (Å²) in [6.07, 6.45) is 2.63. The summed E-state index contributed by atoms with van der Waals surface area (Å²) in [6.45, 7) is 19.5. The van der Waals surface area contributed by atoms with Crippen molar-refractivity contribution in [2.75, 3.05) is 0 Å². The third-order valence-electron chi connectivity index (χ3n) is 4.69. The Morgan fingerprint density at radius 1 is 1.12 bits per heavy atom. The third kappa shape index (κ3) is 7.71. The van der Waals surface area contributed by atoms with Gasteiger partial charge in [0.2, 0.25) is 8.32 Å². The molecule has 0 unspecified atom stereocenters. The molecular formula is C22H36O2SSi. The number of thioether (sulfide) groups is 1. The summed E-state index contributed by atoms with van der Waals surface area (Å²) < 4.78 is 6.36. The molecule has 0 fully saturated rings. The molecule has 0 spiro atoms. The van der Waals surface area contributed by atoms with Crippen LogP contribution < -0.4 is 0 Å². The van der Waals surface area contributed by atoms with Gasteiger partial charge in [-0.15, -0.1) is 0 Å². The van der Waals surface area contributed by atoms with E-state index >= 15 is 0 Å². The Bertz CT molecular complexity index is 622. The zero-order chi connectivity index (χ0) is 20.2. The van der Waals surface area contributed by atoms with Crippen molar-refractivity contribution in [1.82, 2.24) is 0 Å². The van der Waals surface area contributed by atoms with Crippen LogP contribution in [0.15, 0.2) is 42.2 Å². The summed E-state index contributed by atoms with van der Waals surface area (Å²) in [4.78, 5) is 12.6. The molecule has 1 rings (SSSR count). The standard InChI is InChI=1S/C22H36O2SSi/c1-17(24-26(8,9)22(5,6)7)15-19(18-13-11-10-12-14-18)16-20(23)25-21(2,3)4/h10-15,19H,16H2,1-9H3/b17-15+/t19-/m1/s1. The number of allylic oxidation sites excluding steroid dienone is 2. The van der Waals surface area contributed by atoms with E-state index < -0.39 is 8.32 Å². The fourth-order valence-electron chi connectivity index (χ4n) is 2.41. The van der Waals surface area contributed by atoms with Crippen LogP contribution in [0.3, 0.4) is 0 Å². The highest BCUT2D eigenvalue weighted by atomic mass is 32.2. The van der Waals surface area contributed by atoms with Gasteiger partial charge in [0, 0.05) is 17.1 Å². The average Bonchev–Trinajstić information content (AvgIpc) is 2.43. The van der Waals surface area contributed by atoms with Crippen molar-refractivity contribution in [3.63, 3.8) is 0 Å². The molecule has 0 N–H and O–H groups in total. The molecule has 1 atom stereocenters. The Morgan fingerprint density at radius 2 is 1.65 bits per heavy atom. The van der Waals surface area contributed by atoms with Crippen LogP contribution in [0.1, 0.15) is 66.4 Å². The van der Waals surface area contributed by atoms with Gasteiger partial charge in [0.25, 0.3) is 0 Å². The average molecular weight is 393 g/mol. The zero-order valence-corrected chi connectivity index (χ0v) is 19.8. The van der Waals surface area contributed by atoms with Crippen molar-refractivity contribution in [2.45, 2.75) is 83.7 Å². The maximum atomic E-state index is 12.6. The molecule has 0 saturated heterocycles. The first-order valence-electron chi connectivity index (χ1n) is 9.35. The van der Waals surface area contributed by atoms with Gasteiger partial charge >= 0.3 is 0 Å². The molecule has 2 nitrogen and oxygen atoms in total. The van der Waals surface area contributed by atoms with E-state index in [1.165, 1.54) is 11.8 Å². The second-order valence-corrected chi connectivity index (χ2v) is 16.1. The van der Waals surface area contributed by atoms with Gasteiger partial charge in [0.15, 0.2) is 5.12 Å². The molecule has 0 aromatic heterocycles.